The third-order valence-corrected chi connectivity index (χ3v) is 6.98. The lowest BCUT2D eigenvalue weighted by atomic mass is 10.2. The van der Waals surface area contributed by atoms with Gasteiger partial charge in [0, 0.05) is 26.2 Å². The van der Waals surface area contributed by atoms with Crippen LogP contribution in [0.15, 0.2) is 53.7 Å². The molecule has 0 unspecified atom stereocenters. The smallest absolute Gasteiger partial charge is 0.244 e. The summed E-state index contributed by atoms with van der Waals surface area (Å²) in [5.41, 5.74) is 0.520. The summed E-state index contributed by atoms with van der Waals surface area (Å²) in [6, 6.07) is 11.1. The standard InChI is InChI=1S/C18H16ClFN4O2S/c19-13-4-1-2-7-16(13)27(25,26)24-10-8-23(9-11-24)18-17-14(20)5-3-6-15(17)21-12-22-18/h1-7,12H,8-11H2. The van der Waals surface area contributed by atoms with E-state index in [-0.39, 0.29) is 23.0 Å². The molecule has 6 nitrogen and oxygen atoms in total. The number of rotatable bonds is 3. The second-order valence-electron chi connectivity index (χ2n) is 6.15. The van der Waals surface area contributed by atoms with E-state index in [1.54, 1.807) is 30.3 Å². The molecule has 9 heteroatoms. The molecule has 1 saturated heterocycles. The zero-order valence-electron chi connectivity index (χ0n) is 14.2. The van der Waals surface area contributed by atoms with Crippen molar-refractivity contribution in [3.63, 3.8) is 0 Å². The van der Waals surface area contributed by atoms with Gasteiger partial charge in [-0.1, -0.05) is 29.8 Å². The van der Waals surface area contributed by atoms with Crippen LogP contribution in [0, 0.1) is 5.82 Å². The Morgan fingerprint density at radius 2 is 1.70 bits per heavy atom. The van der Waals surface area contributed by atoms with Gasteiger partial charge >= 0.3 is 0 Å². The molecule has 0 spiro atoms. The molecule has 0 saturated carbocycles. The number of halogens is 2. The fourth-order valence-corrected chi connectivity index (χ4v) is 5.14. The van der Waals surface area contributed by atoms with E-state index in [0.717, 1.165) is 0 Å². The van der Waals surface area contributed by atoms with Crippen molar-refractivity contribution in [3.05, 3.63) is 59.6 Å². The van der Waals surface area contributed by atoms with Gasteiger partial charge < -0.3 is 4.90 Å². The third-order valence-electron chi connectivity index (χ3n) is 4.58. The molecule has 1 aliphatic rings. The number of hydrogen-bond donors (Lipinski definition) is 0. The maximum atomic E-state index is 14.3. The molecule has 0 amide bonds. The Hall–Kier alpha value is -2.29. The van der Waals surface area contributed by atoms with Gasteiger partial charge in [0.05, 0.1) is 15.9 Å². The zero-order valence-corrected chi connectivity index (χ0v) is 15.8. The summed E-state index contributed by atoms with van der Waals surface area (Å²) in [4.78, 5) is 10.3. The Labute approximate surface area is 161 Å². The van der Waals surface area contributed by atoms with Crippen LogP contribution < -0.4 is 4.90 Å². The van der Waals surface area contributed by atoms with Gasteiger partial charge in [0.15, 0.2) is 0 Å². The molecule has 0 atom stereocenters. The SMILES string of the molecule is O=S(=O)(c1ccccc1Cl)N1CCN(c2ncnc3cccc(F)c23)CC1. The van der Waals surface area contributed by atoms with Gasteiger partial charge in [-0.3, -0.25) is 0 Å². The molecular formula is C18H16ClFN4O2S. The van der Waals surface area contributed by atoms with E-state index in [4.69, 9.17) is 11.6 Å². The van der Waals surface area contributed by atoms with E-state index in [1.807, 2.05) is 4.90 Å². The summed E-state index contributed by atoms with van der Waals surface area (Å²) in [6.45, 7) is 1.30. The molecule has 1 aromatic heterocycles. The van der Waals surface area contributed by atoms with Crippen LogP contribution in [0.3, 0.4) is 0 Å². The van der Waals surface area contributed by atoms with E-state index < -0.39 is 15.8 Å². The maximum absolute atomic E-state index is 14.3. The number of hydrogen-bond acceptors (Lipinski definition) is 5. The van der Waals surface area contributed by atoms with Crippen molar-refractivity contribution in [2.75, 3.05) is 31.1 Å². The van der Waals surface area contributed by atoms with E-state index in [2.05, 4.69) is 9.97 Å². The molecule has 4 rings (SSSR count). The first-order valence-electron chi connectivity index (χ1n) is 8.37. The van der Waals surface area contributed by atoms with Crippen molar-refractivity contribution in [1.29, 1.82) is 0 Å². The van der Waals surface area contributed by atoms with Crippen LogP contribution in [0.2, 0.25) is 5.02 Å². The number of sulfonamides is 1. The molecule has 0 radical (unpaired) electrons. The average Bonchev–Trinajstić information content (AvgIpc) is 2.68. The molecule has 0 aliphatic carbocycles. The van der Waals surface area contributed by atoms with Crippen LogP contribution in [0.5, 0.6) is 0 Å². The van der Waals surface area contributed by atoms with E-state index in [0.29, 0.717) is 29.8 Å². The molecule has 1 aliphatic heterocycles. The van der Waals surface area contributed by atoms with Gasteiger partial charge in [-0.25, -0.2) is 22.8 Å². The Bertz CT molecular complexity index is 1100. The molecule has 2 heterocycles. The van der Waals surface area contributed by atoms with Gasteiger partial charge in [0.1, 0.15) is 22.9 Å². The fourth-order valence-electron chi connectivity index (χ4n) is 3.23. The quantitative estimate of drug-likeness (QED) is 0.669. The normalized spacial score (nSPS) is 16.0. The average molecular weight is 407 g/mol. The van der Waals surface area contributed by atoms with Crippen LogP contribution in [0.25, 0.3) is 10.9 Å². The van der Waals surface area contributed by atoms with Gasteiger partial charge in [-0.05, 0) is 24.3 Å². The van der Waals surface area contributed by atoms with Crippen LogP contribution >= 0.6 is 11.6 Å². The van der Waals surface area contributed by atoms with E-state index in [9.17, 15) is 12.8 Å². The lowest BCUT2D eigenvalue weighted by Gasteiger charge is -2.35. The van der Waals surface area contributed by atoms with Crippen LogP contribution in [0.1, 0.15) is 0 Å². The van der Waals surface area contributed by atoms with Crippen molar-refractivity contribution < 1.29 is 12.8 Å². The van der Waals surface area contributed by atoms with E-state index >= 15 is 0 Å². The Kier molecular flexibility index (Phi) is 4.71. The van der Waals surface area contributed by atoms with Crippen LogP contribution in [0.4, 0.5) is 10.2 Å². The monoisotopic (exact) mass is 406 g/mol. The van der Waals surface area contributed by atoms with Gasteiger partial charge in [-0.15, -0.1) is 0 Å². The van der Waals surface area contributed by atoms with Crippen molar-refractivity contribution in [2.24, 2.45) is 0 Å². The third kappa shape index (κ3) is 3.24. The fraction of sp³-hybridized carbons (Fsp3) is 0.222. The Balaban J connectivity index is 1.59. The number of fused-ring (bicyclic) bond motifs is 1. The predicted molar refractivity (Wildman–Crippen MR) is 102 cm³/mol. The number of aromatic nitrogens is 2. The number of piperazine rings is 1. The van der Waals surface area contributed by atoms with Gasteiger partial charge in [0.2, 0.25) is 10.0 Å². The van der Waals surface area contributed by atoms with Crippen molar-refractivity contribution >= 4 is 38.3 Å². The highest BCUT2D eigenvalue weighted by molar-refractivity contribution is 7.89. The number of benzene rings is 2. The first-order chi connectivity index (χ1) is 13.0. The highest BCUT2D eigenvalue weighted by Gasteiger charge is 2.31. The second-order valence-corrected chi connectivity index (χ2v) is 8.47. The predicted octanol–water partition coefficient (Wildman–Crippen LogP) is 2.93. The molecule has 0 N–H and O–H groups in total. The van der Waals surface area contributed by atoms with Crippen molar-refractivity contribution in [1.82, 2.24) is 14.3 Å². The van der Waals surface area contributed by atoms with Crippen LogP contribution in [-0.2, 0) is 10.0 Å². The minimum Gasteiger partial charge on any atom is -0.353 e. The Morgan fingerprint density at radius 1 is 0.963 bits per heavy atom. The van der Waals surface area contributed by atoms with E-state index in [1.165, 1.54) is 22.8 Å². The summed E-state index contributed by atoms with van der Waals surface area (Å²) >= 11 is 6.06. The minimum absolute atomic E-state index is 0.0960. The highest BCUT2D eigenvalue weighted by atomic mass is 35.5. The first kappa shape index (κ1) is 18.1. The van der Waals surface area contributed by atoms with Crippen molar-refractivity contribution in [3.8, 4) is 0 Å². The highest BCUT2D eigenvalue weighted by Crippen LogP contribution is 2.29. The summed E-state index contributed by atoms with van der Waals surface area (Å²) < 4.78 is 41.4. The van der Waals surface area contributed by atoms with Gasteiger partial charge in [0.25, 0.3) is 0 Å². The topological polar surface area (TPSA) is 66.4 Å². The first-order valence-corrected chi connectivity index (χ1v) is 10.2. The lowest BCUT2D eigenvalue weighted by molar-refractivity contribution is 0.384. The number of anilines is 1. The molecule has 0 bridgehead atoms. The molecular weight excluding hydrogens is 391 g/mol. The summed E-state index contributed by atoms with van der Waals surface area (Å²) in [5, 5.41) is 0.547. The largest absolute Gasteiger partial charge is 0.353 e. The summed E-state index contributed by atoms with van der Waals surface area (Å²) in [6.07, 6.45) is 1.39. The maximum Gasteiger partial charge on any atom is 0.244 e. The Morgan fingerprint density at radius 3 is 2.44 bits per heavy atom. The lowest BCUT2D eigenvalue weighted by Crippen LogP contribution is -2.49. The number of nitrogens with zero attached hydrogens (tertiary/aromatic N) is 4. The molecule has 1 fully saturated rings. The molecule has 3 aromatic rings. The molecule has 140 valence electrons. The van der Waals surface area contributed by atoms with Crippen molar-refractivity contribution in [2.45, 2.75) is 4.90 Å². The summed E-state index contributed by atoms with van der Waals surface area (Å²) in [7, 11) is -3.68. The molecule has 27 heavy (non-hydrogen) atoms. The second kappa shape index (κ2) is 7.03. The molecule has 2 aromatic carbocycles. The zero-order chi connectivity index (χ0) is 19.0. The minimum atomic E-state index is -3.68. The summed E-state index contributed by atoms with van der Waals surface area (Å²) in [5.74, 6) is 0.0853. The van der Waals surface area contributed by atoms with Crippen LogP contribution in [-0.4, -0.2) is 48.9 Å². The van der Waals surface area contributed by atoms with Gasteiger partial charge in [-0.2, -0.15) is 4.31 Å².